The van der Waals surface area contributed by atoms with E-state index in [4.69, 9.17) is 11.6 Å². The first-order valence-corrected chi connectivity index (χ1v) is 6.96. The molecule has 1 aliphatic rings. The summed E-state index contributed by atoms with van der Waals surface area (Å²) in [6, 6.07) is 6.92. The van der Waals surface area contributed by atoms with Crippen molar-refractivity contribution in [2.45, 2.75) is 19.8 Å². The monoisotopic (exact) mass is 281 g/mol. The molecule has 1 heterocycles. The molecule has 0 radical (unpaired) electrons. The highest BCUT2D eigenvalue weighted by Gasteiger charge is 2.26. The number of carbonyl (C=O) groups is 1. The molecule has 2 rings (SSSR count). The average molecular weight is 282 g/mol. The summed E-state index contributed by atoms with van der Waals surface area (Å²) in [4.78, 5) is 11.8. The fraction of sp³-hybridized carbons (Fsp3) is 0.500. The Morgan fingerprint density at radius 2 is 1.95 bits per heavy atom. The van der Waals surface area contributed by atoms with Crippen LogP contribution in [0.15, 0.2) is 24.3 Å². The molecule has 19 heavy (non-hydrogen) atoms. The second-order valence-electron chi connectivity index (χ2n) is 5.38. The molecule has 1 aromatic rings. The Kier molecular flexibility index (Phi) is 4.66. The van der Waals surface area contributed by atoms with Gasteiger partial charge >= 0.3 is 6.03 Å². The third-order valence-electron chi connectivity index (χ3n) is 3.59. The van der Waals surface area contributed by atoms with Crippen LogP contribution >= 0.6 is 11.6 Å². The third-order valence-corrected chi connectivity index (χ3v) is 3.84. The number of urea groups is 1. The van der Waals surface area contributed by atoms with E-state index in [9.17, 15) is 4.79 Å². The van der Waals surface area contributed by atoms with Crippen molar-refractivity contribution in [1.82, 2.24) is 10.6 Å². The van der Waals surface area contributed by atoms with Crippen molar-refractivity contribution in [3.05, 3.63) is 29.3 Å². The van der Waals surface area contributed by atoms with Crippen LogP contribution in [-0.4, -0.2) is 25.7 Å². The first-order valence-electron chi connectivity index (χ1n) is 6.59. The average Bonchev–Trinajstić information content (AvgIpc) is 2.40. The highest BCUT2D eigenvalue weighted by atomic mass is 35.5. The highest BCUT2D eigenvalue weighted by molar-refractivity contribution is 6.30. The zero-order valence-electron chi connectivity index (χ0n) is 11.1. The van der Waals surface area contributed by atoms with Crippen molar-refractivity contribution >= 4 is 23.3 Å². The molecule has 0 atom stereocenters. The molecule has 0 aliphatic carbocycles. The van der Waals surface area contributed by atoms with Crippen molar-refractivity contribution in [3.63, 3.8) is 0 Å². The molecule has 104 valence electrons. The molecule has 4 nitrogen and oxygen atoms in total. The zero-order chi connectivity index (χ0) is 13.7. The van der Waals surface area contributed by atoms with Gasteiger partial charge in [-0.1, -0.05) is 18.5 Å². The lowest BCUT2D eigenvalue weighted by Crippen LogP contribution is -2.43. The number of nitrogens with one attached hydrogen (secondary N) is 3. The molecule has 0 saturated carbocycles. The van der Waals surface area contributed by atoms with Gasteiger partial charge in [0.2, 0.25) is 0 Å². The minimum atomic E-state index is -0.165. The number of halogens is 1. The summed E-state index contributed by atoms with van der Waals surface area (Å²) >= 11 is 5.79. The summed E-state index contributed by atoms with van der Waals surface area (Å²) in [6.07, 6.45) is 2.18. The third kappa shape index (κ3) is 4.40. The molecule has 1 saturated heterocycles. The number of carbonyl (C=O) groups excluding carboxylic acids is 1. The molecule has 3 N–H and O–H groups in total. The number of piperidine rings is 1. The number of hydrogen-bond donors (Lipinski definition) is 3. The number of amides is 2. The standard InChI is InChI=1S/C14H20ClN3O/c1-14(6-8-16-9-7-14)10-17-13(19)18-12-4-2-11(15)3-5-12/h2-5,16H,6-10H2,1H3,(H2,17,18,19). The number of hydrogen-bond acceptors (Lipinski definition) is 2. The molecule has 0 bridgehead atoms. The molecule has 1 fully saturated rings. The van der Waals surface area contributed by atoms with E-state index in [1.54, 1.807) is 24.3 Å². The minimum absolute atomic E-state index is 0.165. The van der Waals surface area contributed by atoms with E-state index in [1.165, 1.54) is 0 Å². The van der Waals surface area contributed by atoms with E-state index in [0.717, 1.165) is 31.6 Å². The van der Waals surface area contributed by atoms with Crippen LogP contribution in [0.2, 0.25) is 5.02 Å². The van der Waals surface area contributed by atoms with Crippen molar-refractivity contribution in [2.24, 2.45) is 5.41 Å². The van der Waals surface area contributed by atoms with E-state index >= 15 is 0 Å². The van der Waals surface area contributed by atoms with Gasteiger partial charge < -0.3 is 16.0 Å². The van der Waals surface area contributed by atoms with E-state index in [-0.39, 0.29) is 11.4 Å². The van der Waals surface area contributed by atoms with Crippen molar-refractivity contribution < 1.29 is 4.79 Å². The van der Waals surface area contributed by atoms with E-state index in [1.807, 2.05) is 0 Å². The van der Waals surface area contributed by atoms with Crippen LogP contribution < -0.4 is 16.0 Å². The number of benzene rings is 1. The topological polar surface area (TPSA) is 53.2 Å². The predicted molar refractivity (Wildman–Crippen MR) is 78.7 cm³/mol. The summed E-state index contributed by atoms with van der Waals surface area (Å²) in [5.74, 6) is 0. The first-order chi connectivity index (χ1) is 9.07. The number of rotatable bonds is 3. The second kappa shape index (κ2) is 6.26. The van der Waals surface area contributed by atoms with E-state index in [2.05, 4.69) is 22.9 Å². The quantitative estimate of drug-likeness (QED) is 0.798. The van der Waals surface area contributed by atoms with Crippen LogP contribution in [0.1, 0.15) is 19.8 Å². The molecule has 1 aliphatic heterocycles. The Morgan fingerprint density at radius 1 is 1.32 bits per heavy atom. The van der Waals surface area contributed by atoms with Crippen LogP contribution in [0, 0.1) is 5.41 Å². The maximum Gasteiger partial charge on any atom is 0.319 e. The van der Waals surface area contributed by atoms with Gasteiger partial charge in [-0.2, -0.15) is 0 Å². The lowest BCUT2D eigenvalue weighted by atomic mass is 9.81. The first kappa shape index (κ1) is 14.2. The van der Waals surface area contributed by atoms with E-state index < -0.39 is 0 Å². The summed E-state index contributed by atoms with van der Waals surface area (Å²) in [5.41, 5.74) is 0.945. The summed E-state index contributed by atoms with van der Waals surface area (Å²) in [6.45, 7) is 4.97. The van der Waals surface area contributed by atoms with Gasteiger partial charge in [0.25, 0.3) is 0 Å². The van der Waals surface area contributed by atoms with Gasteiger partial charge in [0.15, 0.2) is 0 Å². The number of anilines is 1. The Labute approximate surface area is 118 Å². The molecule has 5 heteroatoms. The Bertz CT molecular complexity index is 427. The Hall–Kier alpha value is -1.26. The second-order valence-corrected chi connectivity index (χ2v) is 5.81. The maximum atomic E-state index is 11.8. The lowest BCUT2D eigenvalue weighted by molar-refractivity contribution is 0.213. The predicted octanol–water partition coefficient (Wildman–Crippen LogP) is 2.85. The van der Waals surface area contributed by atoms with Crippen LogP contribution in [0.25, 0.3) is 0 Å². The van der Waals surface area contributed by atoms with Crippen LogP contribution in [-0.2, 0) is 0 Å². The molecule has 0 aromatic heterocycles. The van der Waals surface area contributed by atoms with Crippen molar-refractivity contribution in [2.75, 3.05) is 25.0 Å². The summed E-state index contributed by atoms with van der Waals surface area (Å²) in [7, 11) is 0. The van der Waals surface area contributed by atoms with Gasteiger partial charge in [-0.25, -0.2) is 4.79 Å². The smallest absolute Gasteiger partial charge is 0.319 e. The van der Waals surface area contributed by atoms with Gasteiger partial charge in [0.05, 0.1) is 0 Å². The fourth-order valence-electron chi connectivity index (χ4n) is 2.21. The van der Waals surface area contributed by atoms with Gasteiger partial charge in [-0.3, -0.25) is 0 Å². The molecule has 0 unspecified atom stereocenters. The van der Waals surface area contributed by atoms with Gasteiger partial charge in [0, 0.05) is 17.3 Å². The minimum Gasteiger partial charge on any atom is -0.337 e. The largest absolute Gasteiger partial charge is 0.337 e. The van der Waals surface area contributed by atoms with Crippen LogP contribution in [0.3, 0.4) is 0 Å². The van der Waals surface area contributed by atoms with Gasteiger partial charge in [-0.15, -0.1) is 0 Å². The van der Waals surface area contributed by atoms with Crippen molar-refractivity contribution in [3.8, 4) is 0 Å². The van der Waals surface area contributed by atoms with Gasteiger partial charge in [0.1, 0.15) is 0 Å². The SMILES string of the molecule is CC1(CNC(=O)Nc2ccc(Cl)cc2)CCNCC1. The van der Waals surface area contributed by atoms with E-state index in [0.29, 0.717) is 11.6 Å². The molecule has 1 aromatic carbocycles. The maximum absolute atomic E-state index is 11.8. The molecule has 2 amide bonds. The fourth-order valence-corrected chi connectivity index (χ4v) is 2.34. The van der Waals surface area contributed by atoms with Gasteiger partial charge in [-0.05, 0) is 55.6 Å². The Balaban J connectivity index is 1.79. The van der Waals surface area contributed by atoms with Crippen LogP contribution in [0.5, 0.6) is 0 Å². The Morgan fingerprint density at radius 3 is 2.58 bits per heavy atom. The molecular formula is C14H20ClN3O. The lowest BCUT2D eigenvalue weighted by Gasteiger charge is -2.34. The molecular weight excluding hydrogens is 262 g/mol. The summed E-state index contributed by atoms with van der Waals surface area (Å²) in [5, 5.41) is 9.74. The van der Waals surface area contributed by atoms with Crippen LogP contribution in [0.4, 0.5) is 10.5 Å². The highest BCUT2D eigenvalue weighted by Crippen LogP contribution is 2.26. The normalized spacial score (nSPS) is 17.8. The molecule has 0 spiro atoms. The van der Waals surface area contributed by atoms with Crippen molar-refractivity contribution in [1.29, 1.82) is 0 Å². The summed E-state index contributed by atoms with van der Waals surface area (Å²) < 4.78 is 0. The zero-order valence-corrected chi connectivity index (χ0v) is 11.9.